The molecule has 0 heterocycles. The molecule has 1 aromatic carbocycles. The van der Waals surface area contributed by atoms with Gasteiger partial charge in [-0.05, 0) is 43.4 Å². The topological polar surface area (TPSA) is 64.3 Å². The molecule has 102 valence electrons. The van der Waals surface area contributed by atoms with E-state index in [1.165, 1.54) is 0 Å². The number of nitrogen functional groups attached to an aromatic ring is 1. The molecule has 4 nitrogen and oxygen atoms in total. The van der Waals surface area contributed by atoms with Crippen molar-refractivity contribution in [1.29, 1.82) is 0 Å². The van der Waals surface area contributed by atoms with Crippen LogP contribution in [0, 0.1) is 5.92 Å². The molecule has 0 saturated carbocycles. The molecular weight excluding hydrogens is 240 g/mol. The smallest absolute Gasteiger partial charge is 0.255 e. The molecule has 1 aliphatic rings. The van der Waals surface area contributed by atoms with Gasteiger partial charge in [0, 0.05) is 12.2 Å². The van der Waals surface area contributed by atoms with E-state index >= 15 is 0 Å². The predicted molar refractivity (Wildman–Crippen MR) is 76.2 cm³/mol. The zero-order valence-corrected chi connectivity index (χ0v) is 11.2. The molecule has 0 saturated heterocycles. The highest BCUT2D eigenvalue weighted by Crippen LogP contribution is 2.21. The molecule has 1 amide bonds. The molecule has 0 bridgehead atoms. The van der Waals surface area contributed by atoms with Crippen molar-refractivity contribution in [3.63, 3.8) is 0 Å². The number of allylic oxidation sites excluding steroid dienone is 2. The summed E-state index contributed by atoms with van der Waals surface area (Å²) in [5, 5.41) is 2.96. The van der Waals surface area contributed by atoms with Gasteiger partial charge in [-0.25, -0.2) is 0 Å². The molecule has 1 unspecified atom stereocenters. The van der Waals surface area contributed by atoms with E-state index in [-0.39, 0.29) is 5.91 Å². The largest absolute Gasteiger partial charge is 0.496 e. The summed E-state index contributed by atoms with van der Waals surface area (Å²) in [4.78, 5) is 12.2. The van der Waals surface area contributed by atoms with Crippen LogP contribution in [0.25, 0.3) is 0 Å². The van der Waals surface area contributed by atoms with Crippen LogP contribution < -0.4 is 15.8 Å². The fourth-order valence-electron chi connectivity index (χ4n) is 2.28. The number of rotatable bonds is 4. The zero-order chi connectivity index (χ0) is 13.7. The van der Waals surface area contributed by atoms with Crippen LogP contribution in [0.2, 0.25) is 0 Å². The van der Waals surface area contributed by atoms with Crippen LogP contribution in [0.5, 0.6) is 5.75 Å². The highest BCUT2D eigenvalue weighted by Gasteiger charge is 2.15. The number of hydrogen-bond donors (Lipinski definition) is 2. The third-order valence-electron chi connectivity index (χ3n) is 3.40. The Labute approximate surface area is 113 Å². The van der Waals surface area contributed by atoms with Crippen molar-refractivity contribution in [1.82, 2.24) is 5.32 Å². The molecular formula is C15H20N2O2. The summed E-state index contributed by atoms with van der Waals surface area (Å²) < 4.78 is 5.19. The summed E-state index contributed by atoms with van der Waals surface area (Å²) in [7, 11) is 1.55. The van der Waals surface area contributed by atoms with Crippen LogP contribution in [-0.4, -0.2) is 19.6 Å². The number of hydrogen-bond acceptors (Lipinski definition) is 3. The second-order valence-electron chi connectivity index (χ2n) is 4.82. The van der Waals surface area contributed by atoms with E-state index in [4.69, 9.17) is 10.5 Å². The Bertz CT molecular complexity index is 483. The number of ether oxygens (including phenoxy) is 1. The van der Waals surface area contributed by atoms with Crippen molar-refractivity contribution >= 4 is 11.6 Å². The van der Waals surface area contributed by atoms with Crippen molar-refractivity contribution in [2.24, 2.45) is 5.92 Å². The van der Waals surface area contributed by atoms with Gasteiger partial charge in [-0.3, -0.25) is 4.79 Å². The van der Waals surface area contributed by atoms with E-state index in [0.29, 0.717) is 29.5 Å². The van der Waals surface area contributed by atoms with E-state index in [1.807, 2.05) is 0 Å². The molecule has 0 fully saturated rings. The van der Waals surface area contributed by atoms with Crippen molar-refractivity contribution in [2.75, 3.05) is 19.4 Å². The molecule has 2 rings (SSSR count). The number of benzene rings is 1. The number of carbonyl (C=O) groups is 1. The number of methoxy groups -OCH3 is 1. The molecule has 1 atom stereocenters. The van der Waals surface area contributed by atoms with Gasteiger partial charge in [-0.1, -0.05) is 12.2 Å². The Morgan fingerprint density at radius 3 is 3.00 bits per heavy atom. The zero-order valence-electron chi connectivity index (χ0n) is 11.2. The van der Waals surface area contributed by atoms with Gasteiger partial charge < -0.3 is 15.8 Å². The lowest BCUT2D eigenvalue weighted by molar-refractivity contribution is 0.0943. The summed E-state index contributed by atoms with van der Waals surface area (Å²) in [6.07, 6.45) is 7.64. The highest BCUT2D eigenvalue weighted by atomic mass is 16.5. The van der Waals surface area contributed by atoms with Crippen LogP contribution in [0.4, 0.5) is 5.69 Å². The third-order valence-corrected chi connectivity index (χ3v) is 3.40. The van der Waals surface area contributed by atoms with E-state index in [0.717, 1.165) is 19.3 Å². The van der Waals surface area contributed by atoms with Gasteiger partial charge in [-0.15, -0.1) is 0 Å². The van der Waals surface area contributed by atoms with Crippen molar-refractivity contribution < 1.29 is 9.53 Å². The monoisotopic (exact) mass is 260 g/mol. The number of carbonyl (C=O) groups excluding carboxylic acids is 1. The molecule has 4 heteroatoms. The van der Waals surface area contributed by atoms with E-state index in [1.54, 1.807) is 25.3 Å². The minimum Gasteiger partial charge on any atom is -0.496 e. The maximum Gasteiger partial charge on any atom is 0.255 e. The molecule has 0 radical (unpaired) electrons. The number of nitrogens with one attached hydrogen (secondary N) is 1. The minimum atomic E-state index is -0.126. The van der Waals surface area contributed by atoms with Crippen LogP contribution in [0.1, 0.15) is 29.6 Å². The van der Waals surface area contributed by atoms with E-state index < -0.39 is 0 Å². The van der Waals surface area contributed by atoms with Crippen LogP contribution in [0.15, 0.2) is 30.4 Å². The predicted octanol–water partition coefficient (Wildman–Crippen LogP) is 2.36. The van der Waals surface area contributed by atoms with Gasteiger partial charge in [0.25, 0.3) is 5.91 Å². The molecule has 0 aromatic heterocycles. The molecule has 0 aliphatic heterocycles. The first kappa shape index (κ1) is 13.5. The Morgan fingerprint density at radius 2 is 2.32 bits per heavy atom. The lowest BCUT2D eigenvalue weighted by atomic mass is 9.94. The van der Waals surface area contributed by atoms with Gasteiger partial charge in [0.2, 0.25) is 0 Å². The quantitative estimate of drug-likeness (QED) is 0.645. The maximum atomic E-state index is 12.2. The first-order chi connectivity index (χ1) is 9.20. The van der Waals surface area contributed by atoms with E-state index in [2.05, 4.69) is 17.5 Å². The SMILES string of the molecule is COc1ccc(N)cc1C(=O)NCC1CC=CCC1. The Morgan fingerprint density at radius 1 is 1.47 bits per heavy atom. The third kappa shape index (κ3) is 3.50. The lowest BCUT2D eigenvalue weighted by Crippen LogP contribution is -2.30. The fraction of sp³-hybridized carbons (Fsp3) is 0.400. The van der Waals surface area contributed by atoms with Crippen molar-refractivity contribution in [2.45, 2.75) is 19.3 Å². The first-order valence-corrected chi connectivity index (χ1v) is 6.57. The standard InChI is InChI=1S/C15H20N2O2/c1-19-14-8-7-12(16)9-13(14)15(18)17-10-11-5-3-2-4-6-11/h2-3,7-9,11H,4-6,10,16H2,1H3,(H,17,18). The molecule has 19 heavy (non-hydrogen) atoms. The Balaban J connectivity index is 1.99. The number of amides is 1. The number of anilines is 1. The average Bonchev–Trinajstić information content (AvgIpc) is 2.46. The minimum absolute atomic E-state index is 0.126. The Kier molecular flexibility index (Phi) is 4.44. The van der Waals surface area contributed by atoms with Gasteiger partial charge in [0.15, 0.2) is 0 Å². The molecule has 1 aliphatic carbocycles. The summed E-state index contributed by atoms with van der Waals surface area (Å²) in [6.45, 7) is 0.696. The molecule has 3 N–H and O–H groups in total. The van der Waals surface area contributed by atoms with E-state index in [9.17, 15) is 4.79 Å². The maximum absolute atomic E-state index is 12.2. The highest BCUT2D eigenvalue weighted by molar-refractivity contribution is 5.97. The summed E-state index contributed by atoms with van der Waals surface area (Å²) >= 11 is 0. The van der Waals surface area contributed by atoms with Gasteiger partial charge in [-0.2, -0.15) is 0 Å². The average molecular weight is 260 g/mol. The second kappa shape index (κ2) is 6.27. The van der Waals surface area contributed by atoms with Gasteiger partial charge in [0.05, 0.1) is 12.7 Å². The van der Waals surface area contributed by atoms with Gasteiger partial charge in [0.1, 0.15) is 5.75 Å². The Hall–Kier alpha value is -1.97. The lowest BCUT2D eigenvalue weighted by Gasteiger charge is -2.18. The summed E-state index contributed by atoms with van der Waals surface area (Å²) in [5.74, 6) is 0.954. The van der Waals surface area contributed by atoms with Crippen molar-refractivity contribution in [3.8, 4) is 5.75 Å². The number of nitrogens with two attached hydrogens (primary N) is 1. The van der Waals surface area contributed by atoms with Crippen LogP contribution >= 0.6 is 0 Å². The summed E-state index contributed by atoms with van der Waals surface area (Å²) in [6, 6.07) is 5.09. The molecule has 0 spiro atoms. The second-order valence-corrected chi connectivity index (χ2v) is 4.82. The van der Waals surface area contributed by atoms with Crippen LogP contribution in [0.3, 0.4) is 0 Å². The fourth-order valence-corrected chi connectivity index (χ4v) is 2.28. The van der Waals surface area contributed by atoms with Crippen molar-refractivity contribution in [3.05, 3.63) is 35.9 Å². The van der Waals surface area contributed by atoms with Gasteiger partial charge >= 0.3 is 0 Å². The molecule has 1 aromatic rings. The summed E-state index contributed by atoms with van der Waals surface area (Å²) in [5.41, 5.74) is 6.77. The van der Waals surface area contributed by atoms with Crippen LogP contribution in [-0.2, 0) is 0 Å². The normalized spacial score (nSPS) is 18.1. The first-order valence-electron chi connectivity index (χ1n) is 6.57.